The maximum atomic E-state index is 12.4. The van der Waals surface area contributed by atoms with Crippen LogP contribution in [0.2, 0.25) is 0 Å². The SMILES string of the molecule is CC[C@@H](C)[C@H](NC(=O)[C@@H](OC)c1ccccc1)C(=O)OC. The minimum atomic E-state index is -0.748. The molecule has 0 aliphatic heterocycles. The lowest BCUT2D eigenvalue weighted by atomic mass is 9.98. The van der Waals surface area contributed by atoms with Gasteiger partial charge in [0.15, 0.2) is 6.10 Å². The number of amides is 1. The van der Waals surface area contributed by atoms with Gasteiger partial charge in [-0.2, -0.15) is 0 Å². The lowest BCUT2D eigenvalue weighted by Crippen LogP contribution is -2.47. The first kappa shape index (κ1) is 17.2. The molecule has 0 radical (unpaired) electrons. The fraction of sp³-hybridized carbons (Fsp3) is 0.500. The van der Waals surface area contributed by atoms with E-state index < -0.39 is 18.1 Å². The summed E-state index contributed by atoms with van der Waals surface area (Å²) in [7, 11) is 2.78. The van der Waals surface area contributed by atoms with E-state index in [1.54, 1.807) is 0 Å². The quantitative estimate of drug-likeness (QED) is 0.782. The van der Waals surface area contributed by atoms with Gasteiger partial charge in [0.2, 0.25) is 0 Å². The van der Waals surface area contributed by atoms with E-state index in [1.807, 2.05) is 44.2 Å². The first-order valence-corrected chi connectivity index (χ1v) is 7.01. The molecular formula is C16H23NO4. The van der Waals surface area contributed by atoms with Crippen molar-refractivity contribution in [3.63, 3.8) is 0 Å². The second kappa shape index (κ2) is 8.42. The summed E-state index contributed by atoms with van der Waals surface area (Å²) in [6.07, 6.45) is 0.00524. The normalized spacial score (nSPS) is 14.9. The Morgan fingerprint density at radius 1 is 1.19 bits per heavy atom. The highest BCUT2D eigenvalue weighted by Gasteiger charge is 2.30. The molecule has 1 amide bonds. The molecule has 0 aromatic heterocycles. The van der Waals surface area contributed by atoms with Gasteiger partial charge in [0.05, 0.1) is 7.11 Å². The Morgan fingerprint density at radius 2 is 1.81 bits per heavy atom. The van der Waals surface area contributed by atoms with Crippen LogP contribution in [0.15, 0.2) is 30.3 Å². The first-order chi connectivity index (χ1) is 10.0. The minimum absolute atomic E-state index is 0.0188. The van der Waals surface area contributed by atoms with Crippen molar-refractivity contribution in [2.75, 3.05) is 14.2 Å². The van der Waals surface area contributed by atoms with E-state index in [4.69, 9.17) is 9.47 Å². The number of rotatable bonds is 7. The molecule has 0 saturated heterocycles. The molecule has 1 N–H and O–H groups in total. The molecule has 116 valence electrons. The molecule has 0 heterocycles. The van der Waals surface area contributed by atoms with Crippen LogP contribution in [0.1, 0.15) is 31.9 Å². The Balaban J connectivity index is 2.87. The molecule has 5 nitrogen and oxygen atoms in total. The summed E-state index contributed by atoms with van der Waals surface area (Å²) in [6.45, 7) is 3.85. The number of carbonyl (C=O) groups excluding carboxylic acids is 2. The van der Waals surface area contributed by atoms with Gasteiger partial charge < -0.3 is 14.8 Å². The molecule has 1 aromatic carbocycles. The third-order valence-electron chi connectivity index (χ3n) is 3.54. The van der Waals surface area contributed by atoms with Crippen LogP contribution in [0.3, 0.4) is 0 Å². The van der Waals surface area contributed by atoms with Crippen LogP contribution >= 0.6 is 0 Å². The molecule has 5 heteroatoms. The van der Waals surface area contributed by atoms with Gasteiger partial charge in [-0.05, 0) is 11.5 Å². The van der Waals surface area contributed by atoms with Crippen LogP contribution in [0, 0.1) is 5.92 Å². The number of hydrogen-bond donors (Lipinski definition) is 1. The number of ether oxygens (including phenoxy) is 2. The Hall–Kier alpha value is -1.88. The topological polar surface area (TPSA) is 64.6 Å². The van der Waals surface area contributed by atoms with Crippen LogP contribution in [-0.2, 0) is 19.1 Å². The highest BCUT2D eigenvalue weighted by atomic mass is 16.5. The van der Waals surface area contributed by atoms with Crippen LogP contribution < -0.4 is 5.32 Å². The van der Waals surface area contributed by atoms with Crippen molar-refractivity contribution in [1.29, 1.82) is 0 Å². The molecule has 1 aromatic rings. The predicted molar refractivity (Wildman–Crippen MR) is 79.6 cm³/mol. The Kier molecular flexibility index (Phi) is 6.88. The smallest absolute Gasteiger partial charge is 0.328 e. The summed E-state index contributed by atoms with van der Waals surface area (Å²) in [5, 5.41) is 2.73. The lowest BCUT2D eigenvalue weighted by molar-refractivity contribution is -0.148. The molecule has 0 bridgehead atoms. The zero-order chi connectivity index (χ0) is 15.8. The fourth-order valence-electron chi connectivity index (χ4n) is 2.05. The van der Waals surface area contributed by atoms with Crippen LogP contribution in [0.5, 0.6) is 0 Å². The molecule has 0 unspecified atom stereocenters. The van der Waals surface area contributed by atoms with Crippen molar-refractivity contribution in [2.24, 2.45) is 5.92 Å². The van der Waals surface area contributed by atoms with Gasteiger partial charge in [-0.15, -0.1) is 0 Å². The highest BCUT2D eigenvalue weighted by Crippen LogP contribution is 2.18. The van der Waals surface area contributed by atoms with E-state index in [0.29, 0.717) is 0 Å². The molecule has 0 fully saturated rings. The maximum Gasteiger partial charge on any atom is 0.328 e. The van der Waals surface area contributed by atoms with Crippen LogP contribution in [0.4, 0.5) is 0 Å². The van der Waals surface area contributed by atoms with Gasteiger partial charge in [-0.3, -0.25) is 4.79 Å². The molecule has 0 aliphatic carbocycles. The van der Waals surface area contributed by atoms with E-state index in [0.717, 1.165) is 12.0 Å². The fourth-order valence-corrected chi connectivity index (χ4v) is 2.05. The molecule has 21 heavy (non-hydrogen) atoms. The van der Waals surface area contributed by atoms with Crippen molar-refractivity contribution in [3.05, 3.63) is 35.9 Å². The summed E-state index contributed by atoms with van der Waals surface area (Å²) < 4.78 is 10.0. The van der Waals surface area contributed by atoms with Gasteiger partial charge in [0, 0.05) is 7.11 Å². The number of methoxy groups -OCH3 is 2. The number of carbonyl (C=O) groups is 2. The molecule has 1 rings (SSSR count). The van der Waals surface area contributed by atoms with E-state index in [2.05, 4.69) is 5.32 Å². The third kappa shape index (κ3) is 4.56. The molecule has 3 atom stereocenters. The number of esters is 1. The number of nitrogens with one attached hydrogen (secondary N) is 1. The zero-order valence-corrected chi connectivity index (χ0v) is 13.0. The second-order valence-electron chi connectivity index (χ2n) is 4.92. The number of hydrogen-bond acceptors (Lipinski definition) is 4. The van der Waals surface area contributed by atoms with E-state index >= 15 is 0 Å². The molecular weight excluding hydrogens is 270 g/mol. The van der Waals surface area contributed by atoms with Crippen molar-refractivity contribution >= 4 is 11.9 Å². The van der Waals surface area contributed by atoms with Crippen LogP contribution in [0.25, 0.3) is 0 Å². The lowest BCUT2D eigenvalue weighted by Gasteiger charge is -2.24. The van der Waals surface area contributed by atoms with Crippen molar-refractivity contribution in [3.8, 4) is 0 Å². The molecule has 0 saturated carbocycles. The average Bonchev–Trinajstić information content (AvgIpc) is 2.52. The van der Waals surface area contributed by atoms with Gasteiger partial charge in [0.25, 0.3) is 5.91 Å². The van der Waals surface area contributed by atoms with Crippen molar-refractivity contribution in [2.45, 2.75) is 32.4 Å². The summed E-state index contributed by atoms with van der Waals surface area (Å²) in [5.41, 5.74) is 0.741. The third-order valence-corrected chi connectivity index (χ3v) is 3.54. The predicted octanol–water partition coefficient (Wildman–Crippen LogP) is 2.08. The Morgan fingerprint density at radius 3 is 2.29 bits per heavy atom. The van der Waals surface area contributed by atoms with Crippen molar-refractivity contribution < 1.29 is 19.1 Å². The molecule has 0 aliphatic rings. The summed E-state index contributed by atoms with van der Waals surface area (Å²) in [5.74, 6) is -0.810. The standard InChI is InChI=1S/C16H23NO4/c1-5-11(2)13(16(19)21-4)17-15(18)14(20-3)12-9-7-6-8-10-12/h6-11,13-14H,5H2,1-4H3,(H,17,18)/t11-,13+,14+/m1/s1. The Bertz CT molecular complexity index is 461. The van der Waals surface area contributed by atoms with Crippen molar-refractivity contribution in [1.82, 2.24) is 5.32 Å². The summed E-state index contributed by atoms with van der Waals surface area (Å²) in [6, 6.07) is 8.48. The van der Waals surface area contributed by atoms with Gasteiger partial charge in [-0.25, -0.2) is 4.79 Å². The highest BCUT2D eigenvalue weighted by molar-refractivity contribution is 5.87. The summed E-state index contributed by atoms with van der Waals surface area (Å²) in [4.78, 5) is 24.2. The first-order valence-electron chi connectivity index (χ1n) is 7.01. The minimum Gasteiger partial charge on any atom is -0.467 e. The van der Waals surface area contributed by atoms with E-state index in [-0.39, 0.29) is 11.8 Å². The summed E-state index contributed by atoms with van der Waals surface area (Å²) >= 11 is 0. The van der Waals surface area contributed by atoms with Gasteiger partial charge >= 0.3 is 5.97 Å². The van der Waals surface area contributed by atoms with Gasteiger partial charge in [-0.1, -0.05) is 50.6 Å². The van der Waals surface area contributed by atoms with E-state index in [9.17, 15) is 9.59 Å². The zero-order valence-electron chi connectivity index (χ0n) is 13.0. The van der Waals surface area contributed by atoms with E-state index in [1.165, 1.54) is 14.2 Å². The maximum absolute atomic E-state index is 12.4. The monoisotopic (exact) mass is 293 g/mol. The average molecular weight is 293 g/mol. The van der Waals surface area contributed by atoms with Crippen LogP contribution in [-0.4, -0.2) is 32.1 Å². The largest absolute Gasteiger partial charge is 0.467 e. The number of benzene rings is 1. The second-order valence-corrected chi connectivity index (χ2v) is 4.92. The molecule has 0 spiro atoms. The Labute approximate surface area is 125 Å². The van der Waals surface area contributed by atoms with Gasteiger partial charge in [0.1, 0.15) is 6.04 Å².